The van der Waals surface area contributed by atoms with Gasteiger partial charge in [0, 0.05) is 0 Å². The Labute approximate surface area is 183 Å². The van der Waals surface area contributed by atoms with Crippen molar-refractivity contribution in [3.63, 3.8) is 0 Å². The van der Waals surface area contributed by atoms with Crippen LogP contribution in [0.1, 0.15) is 67.7 Å². The zero-order chi connectivity index (χ0) is 23.8. The molecule has 0 aromatic carbocycles. The Hall–Kier alpha value is -2.63. The van der Waals surface area contributed by atoms with E-state index in [-0.39, 0.29) is 17.3 Å². The van der Waals surface area contributed by atoms with E-state index in [2.05, 4.69) is 30.6 Å². The van der Waals surface area contributed by atoms with E-state index in [1.807, 2.05) is 6.92 Å². The first-order chi connectivity index (χ1) is 14.1. The van der Waals surface area contributed by atoms with Crippen molar-refractivity contribution in [3.8, 4) is 6.07 Å². The van der Waals surface area contributed by atoms with Crippen LogP contribution in [0.3, 0.4) is 0 Å². The molecule has 0 aromatic rings. The first-order valence-electron chi connectivity index (χ1n) is 10.7. The summed E-state index contributed by atoms with van der Waals surface area (Å²) in [5, 5.41) is 14.7. The molecule has 1 saturated carbocycles. The molecular formula is C22H34N4O5. The summed E-state index contributed by atoms with van der Waals surface area (Å²) < 4.78 is 5.14. The molecule has 0 aromatic heterocycles. The van der Waals surface area contributed by atoms with Gasteiger partial charge in [0.1, 0.15) is 17.6 Å². The normalized spacial score (nSPS) is 28.0. The molecule has 4 atom stereocenters. The second kappa shape index (κ2) is 8.48. The lowest BCUT2D eigenvalue weighted by Gasteiger charge is -2.43. The van der Waals surface area contributed by atoms with E-state index in [4.69, 9.17) is 4.74 Å². The highest BCUT2D eigenvalue weighted by Gasteiger charge is 2.56. The molecule has 2 aliphatic rings. The maximum atomic E-state index is 13.1. The maximum Gasteiger partial charge on any atom is 0.327 e. The number of nitriles is 1. The Balaban J connectivity index is 2.02. The number of nitrogens with one attached hydrogen (secondary N) is 2. The Morgan fingerprint density at radius 2 is 1.94 bits per heavy atom. The molecule has 9 heteroatoms. The fourth-order valence-electron chi connectivity index (χ4n) is 4.73. The van der Waals surface area contributed by atoms with Crippen LogP contribution in [-0.2, 0) is 19.1 Å². The number of carbonyl (C=O) groups is 4. The number of carbonyl (C=O) groups excluding carboxylic acids is 4. The van der Waals surface area contributed by atoms with Gasteiger partial charge in [-0.05, 0) is 50.4 Å². The van der Waals surface area contributed by atoms with Crippen molar-refractivity contribution in [2.24, 2.45) is 17.3 Å². The largest absolute Gasteiger partial charge is 0.451 e. The summed E-state index contributed by atoms with van der Waals surface area (Å²) >= 11 is 0. The first-order valence-corrected chi connectivity index (χ1v) is 10.7. The molecule has 172 valence electrons. The summed E-state index contributed by atoms with van der Waals surface area (Å²) in [7, 11) is 0. The number of nitrogens with zero attached hydrogens (tertiary/aromatic N) is 2. The van der Waals surface area contributed by atoms with Gasteiger partial charge in [0.25, 0.3) is 11.8 Å². The topological polar surface area (TPSA) is 129 Å². The van der Waals surface area contributed by atoms with Gasteiger partial charge in [0.05, 0.1) is 6.07 Å². The molecule has 2 N–H and O–H groups in total. The van der Waals surface area contributed by atoms with Crippen molar-refractivity contribution in [2.45, 2.75) is 84.9 Å². The second-order valence-corrected chi connectivity index (χ2v) is 10.3. The van der Waals surface area contributed by atoms with Gasteiger partial charge in [-0.2, -0.15) is 5.26 Å². The molecule has 1 aliphatic carbocycles. The third kappa shape index (κ3) is 5.17. The van der Waals surface area contributed by atoms with Crippen molar-refractivity contribution in [2.75, 3.05) is 6.54 Å². The van der Waals surface area contributed by atoms with Crippen LogP contribution >= 0.6 is 0 Å². The number of amides is 4. The standard InChI is InChI=1S/C22H34N4O5/c1-13(2)21(7,12-23)24-17(28)15(4)31-16(27)10-26-18(29)22(25-19(26)30)9-14(3)8-20(5,6)11-22/h13-15H,8-11H2,1-7H3,(H,24,28)(H,25,30). The fraction of sp³-hybridized carbons (Fsp3) is 0.773. The van der Waals surface area contributed by atoms with E-state index < -0.39 is 47.5 Å². The molecule has 1 aliphatic heterocycles. The van der Waals surface area contributed by atoms with Crippen LogP contribution in [-0.4, -0.2) is 52.4 Å². The molecule has 2 rings (SSSR count). The van der Waals surface area contributed by atoms with Gasteiger partial charge >= 0.3 is 12.0 Å². The lowest BCUT2D eigenvalue weighted by Crippen LogP contribution is -2.54. The summed E-state index contributed by atoms with van der Waals surface area (Å²) in [5.41, 5.74) is -2.24. The molecule has 4 unspecified atom stereocenters. The average molecular weight is 435 g/mol. The molecule has 0 radical (unpaired) electrons. The Bertz CT molecular complexity index is 817. The van der Waals surface area contributed by atoms with E-state index in [0.29, 0.717) is 12.8 Å². The highest BCUT2D eigenvalue weighted by atomic mass is 16.5. The SMILES string of the molecule is CC1CC(C)(C)CC2(C1)NC(=O)N(CC(=O)OC(C)C(=O)NC(C)(C#N)C(C)C)C2=O. The van der Waals surface area contributed by atoms with Crippen LogP contribution in [0.2, 0.25) is 0 Å². The zero-order valence-electron chi connectivity index (χ0n) is 19.5. The van der Waals surface area contributed by atoms with Crippen LogP contribution in [0.15, 0.2) is 0 Å². The van der Waals surface area contributed by atoms with Crippen molar-refractivity contribution in [3.05, 3.63) is 0 Å². The molecule has 4 amide bonds. The number of hydrogen-bond donors (Lipinski definition) is 2. The first kappa shape index (κ1) is 24.6. The summed E-state index contributed by atoms with van der Waals surface area (Å²) in [6.45, 7) is 12.2. The number of imide groups is 1. The summed E-state index contributed by atoms with van der Waals surface area (Å²) in [6, 6.07) is 1.43. The van der Waals surface area contributed by atoms with E-state index >= 15 is 0 Å². The minimum atomic E-state index is -1.18. The quantitative estimate of drug-likeness (QED) is 0.487. The van der Waals surface area contributed by atoms with Gasteiger partial charge < -0.3 is 15.4 Å². The van der Waals surface area contributed by atoms with E-state index in [0.717, 1.165) is 11.3 Å². The van der Waals surface area contributed by atoms with Crippen LogP contribution in [0.25, 0.3) is 0 Å². The number of urea groups is 1. The lowest BCUT2D eigenvalue weighted by molar-refractivity contribution is -0.157. The Kier molecular flexibility index (Phi) is 6.74. The van der Waals surface area contributed by atoms with Crippen molar-refractivity contribution < 1.29 is 23.9 Å². The smallest absolute Gasteiger partial charge is 0.327 e. The number of esters is 1. The monoisotopic (exact) mass is 434 g/mol. The molecular weight excluding hydrogens is 400 g/mol. The van der Waals surface area contributed by atoms with Gasteiger partial charge in [-0.25, -0.2) is 4.79 Å². The van der Waals surface area contributed by atoms with Gasteiger partial charge in [0.2, 0.25) is 0 Å². The molecule has 9 nitrogen and oxygen atoms in total. The van der Waals surface area contributed by atoms with Gasteiger partial charge in [0.15, 0.2) is 6.10 Å². The van der Waals surface area contributed by atoms with E-state index in [9.17, 15) is 24.4 Å². The fourth-order valence-corrected chi connectivity index (χ4v) is 4.73. The molecule has 1 saturated heterocycles. The molecule has 31 heavy (non-hydrogen) atoms. The van der Waals surface area contributed by atoms with E-state index in [1.165, 1.54) is 6.92 Å². The Morgan fingerprint density at radius 3 is 2.45 bits per heavy atom. The Morgan fingerprint density at radius 1 is 1.32 bits per heavy atom. The number of rotatable bonds is 6. The third-order valence-corrected chi connectivity index (χ3v) is 6.36. The zero-order valence-corrected chi connectivity index (χ0v) is 19.5. The maximum absolute atomic E-state index is 13.1. The van der Waals surface area contributed by atoms with Crippen molar-refractivity contribution in [1.82, 2.24) is 15.5 Å². The van der Waals surface area contributed by atoms with Crippen LogP contribution < -0.4 is 10.6 Å². The second-order valence-electron chi connectivity index (χ2n) is 10.3. The molecule has 1 heterocycles. The summed E-state index contributed by atoms with van der Waals surface area (Å²) in [6.07, 6.45) is 0.793. The summed E-state index contributed by atoms with van der Waals surface area (Å²) in [4.78, 5) is 51.2. The predicted octanol–water partition coefficient (Wildman–Crippen LogP) is 2.11. The predicted molar refractivity (Wildman–Crippen MR) is 112 cm³/mol. The van der Waals surface area contributed by atoms with Gasteiger partial charge in [-0.15, -0.1) is 0 Å². The van der Waals surface area contributed by atoms with Crippen LogP contribution in [0, 0.1) is 28.6 Å². The minimum absolute atomic E-state index is 0.118. The number of ether oxygens (including phenoxy) is 1. The van der Waals surface area contributed by atoms with Gasteiger partial charge in [-0.1, -0.05) is 34.6 Å². The number of hydrogen-bond acceptors (Lipinski definition) is 6. The molecule has 0 bridgehead atoms. The molecule has 1 spiro atoms. The van der Waals surface area contributed by atoms with E-state index in [1.54, 1.807) is 20.8 Å². The highest BCUT2D eigenvalue weighted by Crippen LogP contribution is 2.46. The van der Waals surface area contributed by atoms with Crippen LogP contribution in [0.5, 0.6) is 0 Å². The van der Waals surface area contributed by atoms with Crippen molar-refractivity contribution in [1.29, 1.82) is 5.26 Å². The third-order valence-electron chi connectivity index (χ3n) is 6.36. The summed E-state index contributed by atoms with van der Waals surface area (Å²) in [5.74, 6) is -1.83. The average Bonchev–Trinajstić information content (AvgIpc) is 2.82. The lowest BCUT2D eigenvalue weighted by atomic mass is 9.64. The van der Waals surface area contributed by atoms with Crippen molar-refractivity contribution >= 4 is 23.8 Å². The van der Waals surface area contributed by atoms with Gasteiger partial charge in [-0.3, -0.25) is 19.3 Å². The van der Waals surface area contributed by atoms with Crippen LogP contribution in [0.4, 0.5) is 4.79 Å². The molecule has 2 fully saturated rings. The minimum Gasteiger partial charge on any atom is -0.451 e. The highest BCUT2D eigenvalue weighted by molar-refractivity contribution is 6.08.